The Hall–Kier alpha value is -1.06. The van der Waals surface area contributed by atoms with Crippen LogP contribution in [0.2, 0.25) is 5.02 Å². The van der Waals surface area contributed by atoms with Gasteiger partial charge in [-0.1, -0.05) is 37.1 Å². The van der Waals surface area contributed by atoms with Crippen molar-refractivity contribution in [3.05, 3.63) is 34.9 Å². The largest absolute Gasteiger partial charge is 0.480 e. The van der Waals surface area contributed by atoms with Gasteiger partial charge in [0.1, 0.15) is 5.54 Å². The zero-order valence-corrected chi connectivity index (χ0v) is 12.0. The van der Waals surface area contributed by atoms with E-state index in [1.807, 2.05) is 31.2 Å². The number of nitrogens with zero attached hydrogens (tertiary/aromatic N) is 1. The Bertz CT molecular complexity index is 463. The van der Waals surface area contributed by atoms with Crippen molar-refractivity contribution in [2.24, 2.45) is 0 Å². The van der Waals surface area contributed by atoms with Crippen molar-refractivity contribution in [2.45, 2.75) is 44.7 Å². The molecular weight excluding hydrogens is 262 g/mol. The first-order valence-electron chi connectivity index (χ1n) is 6.81. The molecule has 1 heterocycles. The highest BCUT2D eigenvalue weighted by Crippen LogP contribution is 2.35. The molecule has 0 saturated carbocycles. The maximum absolute atomic E-state index is 11.7. The van der Waals surface area contributed by atoms with E-state index < -0.39 is 11.5 Å². The number of carboxylic acids is 1. The van der Waals surface area contributed by atoms with Gasteiger partial charge in [0, 0.05) is 11.6 Å². The third-order valence-corrected chi connectivity index (χ3v) is 4.18. The van der Waals surface area contributed by atoms with Crippen LogP contribution in [0, 0.1) is 0 Å². The summed E-state index contributed by atoms with van der Waals surface area (Å²) in [7, 11) is 0. The van der Waals surface area contributed by atoms with E-state index in [9.17, 15) is 9.90 Å². The van der Waals surface area contributed by atoms with E-state index in [1.54, 1.807) is 0 Å². The van der Waals surface area contributed by atoms with E-state index >= 15 is 0 Å². The van der Waals surface area contributed by atoms with Gasteiger partial charge in [-0.15, -0.1) is 0 Å². The van der Waals surface area contributed by atoms with E-state index in [-0.39, 0.29) is 0 Å². The highest BCUT2D eigenvalue weighted by atomic mass is 35.5. The van der Waals surface area contributed by atoms with Gasteiger partial charge in [0.2, 0.25) is 0 Å². The fourth-order valence-corrected chi connectivity index (χ4v) is 3.28. The van der Waals surface area contributed by atoms with Crippen LogP contribution in [0.5, 0.6) is 0 Å². The number of rotatable bonds is 5. The van der Waals surface area contributed by atoms with Gasteiger partial charge in [-0.3, -0.25) is 9.69 Å². The van der Waals surface area contributed by atoms with Gasteiger partial charge in [0.15, 0.2) is 0 Å². The van der Waals surface area contributed by atoms with Crippen LogP contribution in [0.25, 0.3) is 0 Å². The van der Waals surface area contributed by atoms with Crippen LogP contribution in [-0.4, -0.2) is 28.1 Å². The average molecular weight is 282 g/mol. The van der Waals surface area contributed by atoms with E-state index in [0.717, 1.165) is 31.4 Å². The molecule has 0 spiro atoms. The van der Waals surface area contributed by atoms with E-state index in [0.29, 0.717) is 18.0 Å². The Morgan fingerprint density at radius 2 is 2.32 bits per heavy atom. The molecule has 1 atom stereocenters. The number of carboxylic acid groups (broad SMARTS) is 1. The zero-order valence-electron chi connectivity index (χ0n) is 11.2. The van der Waals surface area contributed by atoms with Crippen LogP contribution in [0.4, 0.5) is 0 Å². The third-order valence-electron chi connectivity index (χ3n) is 3.95. The zero-order chi connectivity index (χ0) is 13.9. The molecule has 0 amide bonds. The van der Waals surface area contributed by atoms with Crippen molar-refractivity contribution in [3.63, 3.8) is 0 Å². The molecule has 1 fully saturated rings. The van der Waals surface area contributed by atoms with Crippen LogP contribution in [-0.2, 0) is 11.3 Å². The molecule has 19 heavy (non-hydrogen) atoms. The van der Waals surface area contributed by atoms with Gasteiger partial charge in [-0.25, -0.2) is 0 Å². The molecule has 1 aromatic rings. The molecule has 1 N–H and O–H groups in total. The monoisotopic (exact) mass is 281 g/mol. The quantitative estimate of drug-likeness (QED) is 0.897. The Balaban J connectivity index is 2.20. The van der Waals surface area contributed by atoms with Crippen molar-refractivity contribution in [1.29, 1.82) is 0 Å². The second kappa shape index (κ2) is 5.93. The van der Waals surface area contributed by atoms with E-state index in [2.05, 4.69) is 4.90 Å². The van der Waals surface area contributed by atoms with Gasteiger partial charge in [-0.05, 0) is 43.5 Å². The minimum atomic E-state index is -0.686. The van der Waals surface area contributed by atoms with Crippen LogP contribution in [0.1, 0.15) is 38.2 Å². The molecule has 2 rings (SSSR count). The standard InChI is InChI=1S/C15H20ClNO2/c1-2-7-15(14(18)19)8-4-9-17(15)11-12-5-3-6-13(16)10-12/h3,5-6,10H,2,4,7-9,11H2,1H3,(H,18,19). The number of likely N-dealkylation sites (tertiary alicyclic amines) is 1. The maximum Gasteiger partial charge on any atom is 0.324 e. The molecule has 1 aromatic carbocycles. The van der Waals surface area contributed by atoms with Crippen molar-refractivity contribution >= 4 is 17.6 Å². The summed E-state index contributed by atoms with van der Waals surface area (Å²) in [5.41, 5.74) is 0.396. The number of hydrogen-bond acceptors (Lipinski definition) is 2. The summed E-state index contributed by atoms with van der Waals surface area (Å²) < 4.78 is 0. The molecule has 0 radical (unpaired) electrons. The molecule has 104 valence electrons. The summed E-state index contributed by atoms with van der Waals surface area (Å²) in [4.78, 5) is 13.8. The fourth-order valence-electron chi connectivity index (χ4n) is 3.07. The van der Waals surface area contributed by atoms with Crippen LogP contribution in [0.15, 0.2) is 24.3 Å². The van der Waals surface area contributed by atoms with Crippen LogP contribution in [0.3, 0.4) is 0 Å². The topological polar surface area (TPSA) is 40.5 Å². The SMILES string of the molecule is CCCC1(C(=O)O)CCCN1Cc1cccc(Cl)c1. The first kappa shape index (κ1) is 14.4. The molecule has 4 heteroatoms. The second-order valence-electron chi connectivity index (χ2n) is 5.24. The molecule has 1 aliphatic rings. The van der Waals surface area contributed by atoms with Crippen molar-refractivity contribution in [3.8, 4) is 0 Å². The molecule has 1 aliphatic heterocycles. The van der Waals surface area contributed by atoms with E-state index in [1.165, 1.54) is 0 Å². The highest BCUT2D eigenvalue weighted by molar-refractivity contribution is 6.30. The molecular formula is C15H20ClNO2. The van der Waals surface area contributed by atoms with Crippen molar-refractivity contribution in [2.75, 3.05) is 6.54 Å². The lowest BCUT2D eigenvalue weighted by Crippen LogP contribution is -2.49. The summed E-state index contributed by atoms with van der Waals surface area (Å²) in [6.45, 7) is 3.55. The summed E-state index contributed by atoms with van der Waals surface area (Å²) in [5.74, 6) is -0.686. The van der Waals surface area contributed by atoms with Crippen LogP contribution >= 0.6 is 11.6 Å². The van der Waals surface area contributed by atoms with Gasteiger partial charge in [-0.2, -0.15) is 0 Å². The minimum absolute atomic E-state index is 0.660. The number of halogens is 1. The Labute approximate surface area is 119 Å². The fraction of sp³-hybridized carbons (Fsp3) is 0.533. The van der Waals surface area contributed by atoms with Gasteiger partial charge in [0.05, 0.1) is 0 Å². The Morgan fingerprint density at radius 3 is 2.95 bits per heavy atom. The average Bonchev–Trinajstić information content (AvgIpc) is 2.74. The van der Waals surface area contributed by atoms with Crippen molar-refractivity contribution in [1.82, 2.24) is 4.90 Å². The van der Waals surface area contributed by atoms with Crippen LogP contribution < -0.4 is 0 Å². The molecule has 0 aromatic heterocycles. The highest BCUT2D eigenvalue weighted by Gasteiger charge is 2.46. The summed E-state index contributed by atoms with van der Waals surface area (Å²) in [6.07, 6.45) is 3.30. The molecule has 1 unspecified atom stereocenters. The Morgan fingerprint density at radius 1 is 1.53 bits per heavy atom. The smallest absolute Gasteiger partial charge is 0.324 e. The lowest BCUT2D eigenvalue weighted by atomic mass is 9.90. The lowest BCUT2D eigenvalue weighted by Gasteiger charge is -2.34. The number of aliphatic carboxylic acids is 1. The molecule has 0 aliphatic carbocycles. The lowest BCUT2D eigenvalue weighted by molar-refractivity contribution is -0.150. The number of carbonyl (C=O) groups is 1. The molecule has 3 nitrogen and oxygen atoms in total. The summed E-state index contributed by atoms with van der Waals surface area (Å²) in [6, 6.07) is 7.67. The predicted octanol–water partition coefficient (Wildman–Crippen LogP) is 3.56. The summed E-state index contributed by atoms with van der Waals surface area (Å²) >= 11 is 5.99. The van der Waals surface area contributed by atoms with Gasteiger partial charge >= 0.3 is 5.97 Å². The normalized spacial score (nSPS) is 23.7. The minimum Gasteiger partial charge on any atom is -0.480 e. The number of benzene rings is 1. The Kier molecular flexibility index (Phi) is 4.48. The van der Waals surface area contributed by atoms with Crippen molar-refractivity contribution < 1.29 is 9.90 Å². The first-order valence-corrected chi connectivity index (χ1v) is 7.19. The number of hydrogen-bond donors (Lipinski definition) is 1. The van der Waals surface area contributed by atoms with E-state index in [4.69, 9.17) is 11.6 Å². The maximum atomic E-state index is 11.7. The third kappa shape index (κ3) is 2.93. The molecule has 0 bridgehead atoms. The van der Waals surface area contributed by atoms with Gasteiger partial charge < -0.3 is 5.11 Å². The summed E-state index contributed by atoms with van der Waals surface area (Å²) in [5, 5.41) is 10.3. The first-order chi connectivity index (χ1) is 9.08. The predicted molar refractivity (Wildman–Crippen MR) is 76.4 cm³/mol. The van der Waals surface area contributed by atoms with Gasteiger partial charge in [0.25, 0.3) is 0 Å². The second-order valence-corrected chi connectivity index (χ2v) is 5.68. The molecule has 1 saturated heterocycles.